The van der Waals surface area contributed by atoms with Crippen molar-refractivity contribution in [2.75, 3.05) is 0 Å². The minimum absolute atomic E-state index is 0. The number of imidazole rings is 1. The normalized spacial score (nSPS) is 21.4. The molecule has 4 nitrogen and oxygen atoms in total. The van der Waals surface area contributed by atoms with Gasteiger partial charge in [0.25, 0.3) is 0 Å². The van der Waals surface area contributed by atoms with Gasteiger partial charge in [0, 0.05) is 81.1 Å². The number of fused-ring (bicyclic) bond motifs is 1. The van der Waals surface area contributed by atoms with Crippen molar-refractivity contribution in [3.8, 4) is 67.5 Å². The summed E-state index contributed by atoms with van der Waals surface area (Å²) >= 11 is 0. The monoisotopic (exact) mass is 1100 g/mol. The zero-order valence-corrected chi connectivity index (χ0v) is 39.4. The van der Waals surface area contributed by atoms with Crippen LogP contribution in [0.25, 0.3) is 72.7 Å². The summed E-state index contributed by atoms with van der Waals surface area (Å²) < 4.78 is 290. The molecule has 0 saturated carbocycles. The molecular formula is C62H68N3OPt-. The first-order chi connectivity index (χ1) is 44.7. The van der Waals surface area contributed by atoms with Crippen molar-refractivity contribution in [2.24, 2.45) is 5.92 Å². The molecule has 0 amide bonds. The van der Waals surface area contributed by atoms with Crippen LogP contribution in [0.4, 0.5) is 0 Å². The Morgan fingerprint density at radius 1 is 0.642 bits per heavy atom. The second-order valence-corrected chi connectivity index (χ2v) is 17.9. The van der Waals surface area contributed by atoms with Crippen molar-refractivity contribution in [1.29, 1.82) is 0 Å². The van der Waals surface area contributed by atoms with Crippen LogP contribution in [0.3, 0.4) is 0 Å². The zero-order chi connectivity index (χ0) is 75.2. The first-order valence-electron chi connectivity index (χ1n) is 37.5. The van der Waals surface area contributed by atoms with E-state index in [0.29, 0.717) is 35.2 Å². The number of phenols is 1. The molecule has 8 aromatic rings. The Kier molecular flexibility index (Phi) is 6.14. The molecule has 0 atom stereocenters. The number of benzene rings is 6. The number of phenolic OH excluding ortho intramolecular Hbond substituents is 1. The Morgan fingerprint density at radius 3 is 2.04 bits per heavy atom. The van der Waals surface area contributed by atoms with Gasteiger partial charge in [-0.15, -0.1) is 29.3 Å². The van der Waals surface area contributed by atoms with Gasteiger partial charge in [0.15, 0.2) is 0 Å². The van der Waals surface area contributed by atoms with Crippen LogP contribution in [0.1, 0.15) is 169 Å². The van der Waals surface area contributed by atoms with Crippen molar-refractivity contribution in [2.45, 2.75) is 124 Å². The van der Waals surface area contributed by atoms with E-state index >= 15 is 0 Å². The first kappa shape index (κ1) is 22.2. The van der Waals surface area contributed by atoms with Gasteiger partial charge in [-0.25, -0.2) is 4.98 Å². The van der Waals surface area contributed by atoms with Crippen LogP contribution < -0.4 is 0 Å². The fourth-order valence-electron chi connectivity index (χ4n) is 7.81. The van der Waals surface area contributed by atoms with E-state index in [4.69, 9.17) is 47.5 Å². The molecule has 67 heavy (non-hydrogen) atoms. The first-order valence-corrected chi connectivity index (χ1v) is 21.0. The van der Waals surface area contributed by atoms with Crippen molar-refractivity contribution < 1.29 is 71.4 Å². The van der Waals surface area contributed by atoms with Gasteiger partial charge in [0.1, 0.15) is 11.6 Å². The smallest absolute Gasteiger partial charge is 0.148 e. The van der Waals surface area contributed by atoms with E-state index in [2.05, 4.69) is 11.1 Å². The van der Waals surface area contributed by atoms with Gasteiger partial charge in [-0.3, -0.25) is 9.55 Å². The number of hydrogen-bond acceptors (Lipinski definition) is 3. The molecule has 0 aliphatic rings. The van der Waals surface area contributed by atoms with Crippen LogP contribution in [0.2, 0.25) is 0 Å². The van der Waals surface area contributed by atoms with Crippen LogP contribution >= 0.6 is 0 Å². The molecule has 0 aliphatic carbocycles. The second kappa shape index (κ2) is 18.5. The summed E-state index contributed by atoms with van der Waals surface area (Å²) in [4.78, 5) is 9.38. The Balaban J connectivity index is 0.0000140. The molecule has 0 bridgehead atoms. The maximum atomic E-state index is 13.1. The standard InChI is InChI=1S/C62H68N3O.Pt/c1-39(2)31-40-23-28-54(50(32-40)42-19-16-15-17-20-42)65-55-22-18-21-49(56(55)64-58(65)51-37-48(61(9,10)11)38-52(57(51)66)62(12,13)14)44-33-45(35-47(34-44)60(6,7)8)53-36-43(29-30-63-53)41-24-26-46(27-25-41)59(3,4)5;/h15-30,32,34-39,66H,31H2,1-14H3;/q-1;/i3D3,4D3,5D3,9D3,10D3,11D3,12D3,13D3,14D3,24D,26D,27D,29D,30D,36D;. The third-order valence-electron chi connectivity index (χ3n) is 11.1. The molecule has 2 aromatic heterocycles. The fourth-order valence-corrected chi connectivity index (χ4v) is 7.81. The van der Waals surface area contributed by atoms with E-state index in [1.54, 1.807) is 69.3 Å². The Labute approximate surface area is 461 Å². The van der Waals surface area contributed by atoms with E-state index in [9.17, 15) is 7.85 Å². The largest absolute Gasteiger partial charge is 0.507 e. The van der Waals surface area contributed by atoms with Crippen molar-refractivity contribution >= 4 is 11.0 Å². The zero-order valence-electron chi connectivity index (χ0n) is 70.1. The van der Waals surface area contributed by atoms with Gasteiger partial charge in [0.2, 0.25) is 0 Å². The maximum Gasteiger partial charge on any atom is 0.148 e. The van der Waals surface area contributed by atoms with Gasteiger partial charge < -0.3 is 5.11 Å². The molecule has 2 heterocycles. The van der Waals surface area contributed by atoms with E-state index in [1.165, 1.54) is 28.8 Å². The fraction of sp³-hybridized carbons (Fsp3) is 0.323. The minimum Gasteiger partial charge on any atom is -0.507 e. The van der Waals surface area contributed by atoms with Crippen LogP contribution in [0.15, 0.2) is 133 Å². The van der Waals surface area contributed by atoms with Crippen molar-refractivity contribution in [1.82, 2.24) is 14.5 Å². The Hall–Kier alpha value is -5.57. The van der Waals surface area contributed by atoms with E-state index < -0.39 is 170 Å². The summed E-state index contributed by atoms with van der Waals surface area (Å²) in [6.07, 6.45) is -0.378. The molecule has 0 unspecified atom stereocenters. The molecule has 0 spiro atoms. The average Bonchev–Trinajstić information content (AvgIpc) is 0.893. The molecule has 6 aromatic carbocycles. The number of hydrogen-bond donors (Lipinski definition) is 1. The number of rotatable bonds is 8. The van der Waals surface area contributed by atoms with Crippen LogP contribution in [-0.2, 0) is 49.1 Å². The van der Waals surface area contributed by atoms with Gasteiger partial charge in [-0.1, -0.05) is 192 Å². The van der Waals surface area contributed by atoms with E-state index in [1.807, 2.05) is 19.9 Å². The summed E-state index contributed by atoms with van der Waals surface area (Å²) in [6, 6.07) is 20.8. The maximum absolute atomic E-state index is 13.1. The summed E-state index contributed by atoms with van der Waals surface area (Å²) in [6.45, 7) is -28.0. The van der Waals surface area contributed by atoms with Crippen LogP contribution in [0.5, 0.6) is 5.75 Å². The van der Waals surface area contributed by atoms with Crippen molar-refractivity contribution in [3.63, 3.8) is 0 Å². The molecule has 5 heteroatoms. The number of pyridine rings is 1. The molecule has 1 N–H and O–H groups in total. The number of para-hydroxylation sites is 1. The topological polar surface area (TPSA) is 50.9 Å². The van der Waals surface area contributed by atoms with Gasteiger partial charge in [-0.2, -0.15) is 0 Å². The molecule has 0 fully saturated rings. The number of nitrogens with zero attached hydrogens (tertiary/aromatic N) is 3. The molecular weight excluding hydrogens is 998 g/mol. The van der Waals surface area contributed by atoms with E-state index in [-0.39, 0.29) is 66.5 Å². The van der Waals surface area contributed by atoms with E-state index in [0.717, 1.165) is 5.56 Å². The second-order valence-electron chi connectivity index (χ2n) is 17.9. The summed E-state index contributed by atoms with van der Waals surface area (Å²) in [5, 5.41) is 13.1. The Morgan fingerprint density at radius 2 is 1.34 bits per heavy atom. The molecule has 348 valence electrons. The molecule has 8 rings (SSSR count). The molecule has 0 radical (unpaired) electrons. The minimum atomic E-state index is -4.29. The molecule has 0 aliphatic heterocycles. The molecule has 0 saturated heterocycles. The summed E-state index contributed by atoms with van der Waals surface area (Å²) in [5.41, 5.74) is -18.2. The summed E-state index contributed by atoms with van der Waals surface area (Å²) in [5.74, 6) is -2.06. The van der Waals surface area contributed by atoms with Gasteiger partial charge in [-0.05, 0) is 97.7 Å². The predicted octanol–water partition coefficient (Wildman–Crippen LogP) is 16.6. The van der Waals surface area contributed by atoms with Gasteiger partial charge >= 0.3 is 0 Å². The average molecular weight is 1100 g/mol. The third kappa shape index (κ3) is 10.3. The SMILES string of the molecule is [2H]c1cc(-c2c([2H])c([2H])nc(-c3[c-]c(-c4cccc5c4nc(-c4cc(C(C([2H])([2H])[2H])(C([2H])([2H])[2H])C([2H])([2H])[2H])cc(C(C([2H])([2H])[2H])(C([2H])([2H])[2H])C([2H])([2H])[2H])c4O)n5-c4ccc(CC(C)C)cc4-c4ccccc4)cc(C(C)(C)C)c3)c2[2H])c([2H])c([2H])c1C(C([2H])([2H])[2H])(C([2H])([2H])[2H])C([2H])([2H])[2H].[Pt]. The van der Waals surface area contributed by atoms with Crippen LogP contribution in [-0.4, -0.2) is 19.6 Å². The predicted molar refractivity (Wildman–Crippen MR) is 280 cm³/mol. The quantitative estimate of drug-likeness (QED) is 0.154. The number of aromatic nitrogens is 3. The van der Waals surface area contributed by atoms with Crippen LogP contribution in [0, 0.1) is 12.0 Å². The summed E-state index contributed by atoms with van der Waals surface area (Å²) in [7, 11) is 0. The number of aromatic hydroxyl groups is 1. The Bertz CT molecular complexity index is 4330. The van der Waals surface area contributed by atoms with Crippen molar-refractivity contribution in [3.05, 3.63) is 167 Å². The third-order valence-corrected chi connectivity index (χ3v) is 11.1. The van der Waals surface area contributed by atoms with Gasteiger partial charge in [0.05, 0.1) is 30.5 Å².